The molecule has 0 aromatic heterocycles. The summed E-state index contributed by atoms with van der Waals surface area (Å²) in [4.78, 5) is 37.9. The fraction of sp³-hybridized carbons (Fsp3) is 0.211. The highest BCUT2D eigenvalue weighted by atomic mass is 16.2. The molecule has 0 bridgehead atoms. The van der Waals surface area contributed by atoms with E-state index in [4.69, 9.17) is 0 Å². The van der Waals surface area contributed by atoms with Crippen molar-refractivity contribution in [3.05, 3.63) is 65.2 Å². The van der Waals surface area contributed by atoms with Crippen molar-refractivity contribution in [2.45, 2.75) is 26.4 Å². The van der Waals surface area contributed by atoms with E-state index in [1.807, 2.05) is 18.2 Å². The maximum atomic E-state index is 12.5. The number of anilines is 1. The van der Waals surface area contributed by atoms with E-state index in [9.17, 15) is 14.4 Å². The van der Waals surface area contributed by atoms with Gasteiger partial charge >= 0.3 is 0 Å². The Morgan fingerprint density at radius 2 is 1.88 bits per heavy atom. The van der Waals surface area contributed by atoms with Crippen molar-refractivity contribution in [1.29, 1.82) is 0 Å². The molecule has 5 nitrogen and oxygen atoms in total. The third-order valence-corrected chi connectivity index (χ3v) is 4.23. The zero-order valence-electron chi connectivity index (χ0n) is 13.6. The average Bonchev–Trinajstić information content (AvgIpc) is 2.91. The second kappa shape index (κ2) is 6.28. The lowest BCUT2D eigenvalue weighted by atomic mass is 10.1. The van der Waals surface area contributed by atoms with Crippen molar-refractivity contribution in [3.8, 4) is 0 Å². The molecule has 0 saturated carbocycles. The lowest BCUT2D eigenvalue weighted by Gasteiger charge is -2.23. The summed E-state index contributed by atoms with van der Waals surface area (Å²) in [6, 6.07) is 13.5. The van der Waals surface area contributed by atoms with Crippen LogP contribution in [0.3, 0.4) is 0 Å². The Labute approximate surface area is 140 Å². The molecule has 2 amide bonds. The SMILES string of the molecule is CC(=O)c1cccc(NC(=O)[C@H](C)N2Cc3ccccc3C2=O)c1. The predicted molar refractivity (Wildman–Crippen MR) is 90.9 cm³/mol. The highest BCUT2D eigenvalue weighted by molar-refractivity contribution is 6.04. The number of amides is 2. The van der Waals surface area contributed by atoms with E-state index in [2.05, 4.69) is 5.32 Å². The zero-order chi connectivity index (χ0) is 17.3. The Morgan fingerprint density at radius 1 is 1.12 bits per heavy atom. The van der Waals surface area contributed by atoms with Gasteiger partial charge in [0, 0.05) is 23.4 Å². The van der Waals surface area contributed by atoms with E-state index in [0.29, 0.717) is 23.4 Å². The molecule has 2 aromatic carbocycles. The van der Waals surface area contributed by atoms with Crippen molar-refractivity contribution >= 4 is 23.3 Å². The van der Waals surface area contributed by atoms with Crippen LogP contribution in [0.5, 0.6) is 0 Å². The third kappa shape index (κ3) is 2.93. The zero-order valence-corrected chi connectivity index (χ0v) is 13.6. The van der Waals surface area contributed by atoms with Crippen LogP contribution in [-0.2, 0) is 11.3 Å². The van der Waals surface area contributed by atoms with E-state index in [-0.39, 0.29) is 17.6 Å². The molecule has 0 unspecified atom stereocenters. The summed E-state index contributed by atoms with van der Waals surface area (Å²) in [5, 5.41) is 2.78. The number of hydrogen-bond donors (Lipinski definition) is 1. The molecule has 1 heterocycles. The van der Waals surface area contributed by atoms with Crippen molar-refractivity contribution < 1.29 is 14.4 Å². The van der Waals surface area contributed by atoms with Gasteiger partial charge < -0.3 is 10.2 Å². The second-order valence-electron chi connectivity index (χ2n) is 5.89. The van der Waals surface area contributed by atoms with Gasteiger partial charge in [-0.2, -0.15) is 0 Å². The minimum Gasteiger partial charge on any atom is -0.324 e. The minimum atomic E-state index is -0.606. The quantitative estimate of drug-likeness (QED) is 0.880. The van der Waals surface area contributed by atoms with Crippen LogP contribution in [0.4, 0.5) is 5.69 Å². The Balaban J connectivity index is 1.73. The molecule has 0 fully saturated rings. The minimum absolute atomic E-state index is 0.0654. The van der Waals surface area contributed by atoms with E-state index in [0.717, 1.165) is 5.56 Å². The predicted octanol–water partition coefficient (Wildman–Crippen LogP) is 2.87. The molecule has 1 atom stereocenters. The van der Waals surface area contributed by atoms with Gasteiger partial charge in [-0.05, 0) is 37.6 Å². The maximum Gasteiger partial charge on any atom is 0.255 e. The van der Waals surface area contributed by atoms with Crippen molar-refractivity contribution in [3.63, 3.8) is 0 Å². The molecule has 1 aliphatic heterocycles. The Bertz CT molecular complexity index is 829. The van der Waals surface area contributed by atoms with Crippen LogP contribution >= 0.6 is 0 Å². The number of benzene rings is 2. The molecular formula is C19H18N2O3. The molecule has 3 rings (SSSR count). The summed E-state index contributed by atoms with van der Waals surface area (Å²) in [5.74, 6) is -0.480. The second-order valence-corrected chi connectivity index (χ2v) is 5.89. The molecule has 122 valence electrons. The fourth-order valence-corrected chi connectivity index (χ4v) is 2.79. The van der Waals surface area contributed by atoms with Crippen molar-refractivity contribution in [1.82, 2.24) is 4.90 Å². The summed E-state index contributed by atoms with van der Waals surface area (Å²) >= 11 is 0. The molecular weight excluding hydrogens is 304 g/mol. The van der Waals surface area contributed by atoms with E-state index in [1.165, 1.54) is 6.92 Å². The molecule has 0 radical (unpaired) electrons. The molecule has 2 aromatic rings. The van der Waals surface area contributed by atoms with Gasteiger partial charge in [0.2, 0.25) is 5.91 Å². The van der Waals surface area contributed by atoms with E-state index < -0.39 is 6.04 Å². The van der Waals surface area contributed by atoms with Gasteiger partial charge in [-0.1, -0.05) is 30.3 Å². The maximum absolute atomic E-state index is 12.5. The number of rotatable bonds is 4. The van der Waals surface area contributed by atoms with Gasteiger partial charge in [-0.25, -0.2) is 0 Å². The van der Waals surface area contributed by atoms with Crippen LogP contribution in [0, 0.1) is 0 Å². The highest BCUT2D eigenvalue weighted by Crippen LogP contribution is 2.24. The van der Waals surface area contributed by atoms with Gasteiger partial charge in [0.25, 0.3) is 5.91 Å². The van der Waals surface area contributed by atoms with Crippen LogP contribution in [-0.4, -0.2) is 28.5 Å². The van der Waals surface area contributed by atoms with Gasteiger partial charge in [0.05, 0.1) is 0 Å². The fourth-order valence-electron chi connectivity index (χ4n) is 2.79. The van der Waals surface area contributed by atoms with E-state index in [1.54, 1.807) is 42.2 Å². The number of fused-ring (bicyclic) bond motifs is 1. The highest BCUT2D eigenvalue weighted by Gasteiger charge is 2.33. The van der Waals surface area contributed by atoms with Gasteiger partial charge in [-0.15, -0.1) is 0 Å². The topological polar surface area (TPSA) is 66.5 Å². The van der Waals surface area contributed by atoms with Crippen LogP contribution in [0.25, 0.3) is 0 Å². The lowest BCUT2D eigenvalue weighted by molar-refractivity contribution is -0.120. The molecule has 1 aliphatic rings. The van der Waals surface area contributed by atoms with Gasteiger partial charge in [0.15, 0.2) is 5.78 Å². The normalized spacial score (nSPS) is 14.2. The Hall–Kier alpha value is -2.95. The monoisotopic (exact) mass is 322 g/mol. The summed E-state index contributed by atoms with van der Waals surface area (Å²) in [6.07, 6.45) is 0. The first-order chi connectivity index (χ1) is 11.5. The lowest BCUT2D eigenvalue weighted by Crippen LogP contribution is -2.42. The van der Waals surface area contributed by atoms with Crippen LogP contribution in [0.15, 0.2) is 48.5 Å². The first-order valence-electron chi connectivity index (χ1n) is 7.78. The van der Waals surface area contributed by atoms with E-state index >= 15 is 0 Å². The number of ketones is 1. The van der Waals surface area contributed by atoms with Gasteiger partial charge in [0.1, 0.15) is 6.04 Å². The summed E-state index contributed by atoms with van der Waals surface area (Å²) < 4.78 is 0. The van der Waals surface area contributed by atoms with Crippen molar-refractivity contribution in [2.75, 3.05) is 5.32 Å². The van der Waals surface area contributed by atoms with Crippen LogP contribution in [0.2, 0.25) is 0 Å². The first-order valence-corrected chi connectivity index (χ1v) is 7.78. The first kappa shape index (κ1) is 15.9. The van der Waals surface area contributed by atoms with Crippen LogP contribution in [0.1, 0.15) is 40.1 Å². The van der Waals surface area contributed by atoms with Gasteiger partial charge in [-0.3, -0.25) is 14.4 Å². The largest absolute Gasteiger partial charge is 0.324 e. The number of carbonyl (C=O) groups excluding carboxylic acids is 3. The number of hydrogen-bond acceptors (Lipinski definition) is 3. The molecule has 5 heteroatoms. The molecule has 1 N–H and O–H groups in total. The summed E-state index contributed by atoms with van der Waals surface area (Å²) in [7, 11) is 0. The molecule has 0 saturated heterocycles. The summed E-state index contributed by atoms with van der Waals surface area (Å²) in [5.41, 5.74) is 2.66. The van der Waals surface area contributed by atoms with Crippen LogP contribution < -0.4 is 5.32 Å². The van der Waals surface area contributed by atoms with Crippen molar-refractivity contribution in [2.24, 2.45) is 0 Å². The smallest absolute Gasteiger partial charge is 0.255 e. The number of nitrogens with one attached hydrogen (secondary N) is 1. The summed E-state index contributed by atoms with van der Waals surface area (Å²) in [6.45, 7) is 3.61. The molecule has 0 aliphatic carbocycles. The molecule has 0 spiro atoms. The standard InChI is InChI=1S/C19H18N2O3/c1-12(21-11-15-6-3-4-9-17(15)19(21)24)18(23)20-16-8-5-7-14(10-16)13(2)22/h3-10,12H,11H2,1-2H3,(H,20,23)/t12-/m0/s1. The average molecular weight is 322 g/mol. The number of Topliss-reactive ketones (excluding diaryl/α,β-unsaturated/α-hetero) is 1. The Kier molecular flexibility index (Phi) is 4.16. The third-order valence-electron chi connectivity index (χ3n) is 4.23. The number of nitrogens with zero attached hydrogens (tertiary/aromatic N) is 1. The number of carbonyl (C=O) groups is 3. The Morgan fingerprint density at radius 3 is 2.58 bits per heavy atom. The molecule has 24 heavy (non-hydrogen) atoms.